The first-order chi connectivity index (χ1) is 8.36. The molecule has 3 rings (SSSR count). The minimum Gasteiger partial charge on any atom is -0.376 e. The molecule has 2 fully saturated rings. The fourth-order valence-corrected chi connectivity index (χ4v) is 2.31. The van der Waals surface area contributed by atoms with Gasteiger partial charge < -0.3 is 10.1 Å². The lowest BCUT2D eigenvalue weighted by Gasteiger charge is -2.19. The summed E-state index contributed by atoms with van der Waals surface area (Å²) in [5.74, 6) is 1.45. The minimum atomic E-state index is 0.326. The molecule has 1 aromatic rings. The average Bonchev–Trinajstić information content (AvgIpc) is 3.11. The van der Waals surface area contributed by atoms with Crippen LogP contribution in [0.1, 0.15) is 25.0 Å². The molecule has 2 heterocycles. The van der Waals surface area contributed by atoms with Gasteiger partial charge in [-0.2, -0.15) is 5.26 Å². The van der Waals surface area contributed by atoms with Crippen LogP contribution >= 0.6 is 0 Å². The number of aromatic nitrogens is 2. The van der Waals surface area contributed by atoms with Crippen LogP contribution in [-0.2, 0) is 4.74 Å². The second-order valence-electron chi connectivity index (χ2n) is 4.61. The summed E-state index contributed by atoms with van der Waals surface area (Å²) >= 11 is 0. The van der Waals surface area contributed by atoms with Crippen molar-refractivity contribution < 1.29 is 4.74 Å². The summed E-state index contributed by atoms with van der Waals surface area (Å²) in [6.07, 6.45) is 7.00. The smallest absolute Gasteiger partial charge is 0.158 e. The molecule has 0 aromatic carbocycles. The Morgan fingerprint density at radius 3 is 2.82 bits per heavy atom. The van der Waals surface area contributed by atoms with Crippen LogP contribution in [0.4, 0.5) is 5.82 Å². The number of nitrogens with zero attached hydrogens (tertiary/aromatic N) is 3. The van der Waals surface area contributed by atoms with Crippen molar-refractivity contribution in [2.24, 2.45) is 5.92 Å². The van der Waals surface area contributed by atoms with E-state index in [1.807, 2.05) is 6.07 Å². The molecule has 1 aliphatic carbocycles. The van der Waals surface area contributed by atoms with E-state index in [1.54, 1.807) is 6.20 Å². The fraction of sp³-hybridized carbons (Fsp3) is 0.583. The largest absolute Gasteiger partial charge is 0.376 e. The van der Waals surface area contributed by atoms with E-state index in [4.69, 9.17) is 10.00 Å². The number of nitrogens with one attached hydrogen (secondary N) is 1. The Labute approximate surface area is 99.8 Å². The van der Waals surface area contributed by atoms with E-state index in [9.17, 15) is 0 Å². The fourth-order valence-electron chi connectivity index (χ4n) is 2.31. The van der Waals surface area contributed by atoms with Gasteiger partial charge in [0.25, 0.3) is 0 Å². The maximum atomic E-state index is 8.64. The molecule has 88 valence electrons. The third-order valence-electron chi connectivity index (χ3n) is 3.32. The standard InChI is InChI=1S/C12H14N4O/c13-5-9-6-15-11(7-14-9)16-10-3-4-17-12(10)8-1-2-8/h6-8,10,12H,1-4H2,(H,15,16). The molecule has 17 heavy (non-hydrogen) atoms. The summed E-state index contributed by atoms with van der Waals surface area (Å²) in [7, 11) is 0. The van der Waals surface area contributed by atoms with Crippen molar-refractivity contribution in [2.45, 2.75) is 31.4 Å². The number of hydrogen-bond acceptors (Lipinski definition) is 5. The van der Waals surface area contributed by atoms with E-state index in [0.29, 0.717) is 17.8 Å². The lowest BCUT2D eigenvalue weighted by molar-refractivity contribution is 0.0898. The van der Waals surface area contributed by atoms with Crippen molar-refractivity contribution in [1.82, 2.24) is 9.97 Å². The van der Waals surface area contributed by atoms with E-state index in [1.165, 1.54) is 19.0 Å². The number of ether oxygens (including phenoxy) is 1. The van der Waals surface area contributed by atoms with E-state index in [2.05, 4.69) is 15.3 Å². The molecular weight excluding hydrogens is 216 g/mol. The van der Waals surface area contributed by atoms with Crippen LogP contribution in [0.2, 0.25) is 0 Å². The van der Waals surface area contributed by atoms with Crippen molar-refractivity contribution in [3.8, 4) is 6.07 Å². The third kappa shape index (κ3) is 2.22. The first-order valence-corrected chi connectivity index (χ1v) is 5.97. The van der Waals surface area contributed by atoms with Crippen molar-refractivity contribution in [2.75, 3.05) is 11.9 Å². The maximum absolute atomic E-state index is 8.64. The van der Waals surface area contributed by atoms with Gasteiger partial charge in [-0.1, -0.05) is 0 Å². The highest BCUT2D eigenvalue weighted by molar-refractivity contribution is 5.35. The minimum absolute atomic E-state index is 0.326. The molecule has 5 nitrogen and oxygen atoms in total. The van der Waals surface area contributed by atoms with Gasteiger partial charge in [0, 0.05) is 6.61 Å². The van der Waals surface area contributed by atoms with Crippen LogP contribution in [0.15, 0.2) is 12.4 Å². The Morgan fingerprint density at radius 2 is 2.18 bits per heavy atom. The molecule has 2 unspecified atom stereocenters. The number of nitriles is 1. The van der Waals surface area contributed by atoms with Crippen molar-refractivity contribution >= 4 is 5.82 Å². The van der Waals surface area contributed by atoms with Gasteiger partial charge in [-0.3, -0.25) is 0 Å². The highest BCUT2D eigenvalue weighted by Gasteiger charge is 2.40. The lowest BCUT2D eigenvalue weighted by Crippen LogP contribution is -2.31. The molecule has 5 heteroatoms. The number of hydrogen-bond donors (Lipinski definition) is 1. The monoisotopic (exact) mass is 230 g/mol. The van der Waals surface area contributed by atoms with E-state index in [-0.39, 0.29) is 0 Å². The molecule has 1 saturated heterocycles. The third-order valence-corrected chi connectivity index (χ3v) is 3.32. The van der Waals surface area contributed by atoms with Crippen LogP contribution in [0.25, 0.3) is 0 Å². The molecule has 1 aromatic heterocycles. The summed E-state index contributed by atoms with van der Waals surface area (Å²) < 4.78 is 5.74. The summed E-state index contributed by atoms with van der Waals surface area (Å²) in [5.41, 5.74) is 0.344. The first kappa shape index (κ1) is 10.5. The molecule has 2 aliphatic rings. The molecule has 1 aliphatic heterocycles. The first-order valence-electron chi connectivity index (χ1n) is 5.97. The molecular formula is C12H14N4O. The van der Waals surface area contributed by atoms with Crippen LogP contribution < -0.4 is 5.32 Å². The van der Waals surface area contributed by atoms with E-state index < -0.39 is 0 Å². The van der Waals surface area contributed by atoms with Crippen molar-refractivity contribution in [3.63, 3.8) is 0 Å². The van der Waals surface area contributed by atoms with E-state index in [0.717, 1.165) is 24.8 Å². The van der Waals surface area contributed by atoms with Gasteiger partial charge in [-0.05, 0) is 25.2 Å². The van der Waals surface area contributed by atoms with Crippen LogP contribution in [0, 0.1) is 17.2 Å². The van der Waals surface area contributed by atoms with Crippen molar-refractivity contribution in [3.05, 3.63) is 18.1 Å². The highest BCUT2D eigenvalue weighted by atomic mass is 16.5. The second kappa shape index (κ2) is 4.30. The van der Waals surface area contributed by atoms with Gasteiger partial charge in [0.15, 0.2) is 5.69 Å². The van der Waals surface area contributed by atoms with Gasteiger partial charge in [0.1, 0.15) is 11.9 Å². The molecule has 0 bridgehead atoms. The SMILES string of the molecule is N#Cc1cnc(NC2CCOC2C2CC2)cn1. The zero-order chi connectivity index (χ0) is 11.7. The summed E-state index contributed by atoms with van der Waals surface area (Å²) in [4.78, 5) is 8.17. The quantitative estimate of drug-likeness (QED) is 0.848. The molecule has 2 atom stereocenters. The van der Waals surface area contributed by atoms with Gasteiger partial charge in [-0.15, -0.1) is 0 Å². The summed E-state index contributed by atoms with van der Waals surface area (Å²) in [5, 5.41) is 12.0. The van der Waals surface area contributed by atoms with Gasteiger partial charge >= 0.3 is 0 Å². The molecule has 0 spiro atoms. The Balaban J connectivity index is 1.67. The van der Waals surface area contributed by atoms with Gasteiger partial charge in [0.2, 0.25) is 0 Å². The molecule has 1 N–H and O–H groups in total. The van der Waals surface area contributed by atoms with Gasteiger partial charge in [0.05, 0.1) is 24.5 Å². The highest BCUT2D eigenvalue weighted by Crippen LogP contribution is 2.39. The predicted molar refractivity (Wildman–Crippen MR) is 61.2 cm³/mol. The average molecular weight is 230 g/mol. The lowest BCUT2D eigenvalue weighted by atomic mass is 10.1. The Hall–Kier alpha value is -1.67. The normalized spacial score (nSPS) is 27.7. The maximum Gasteiger partial charge on any atom is 0.158 e. The van der Waals surface area contributed by atoms with E-state index >= 15 is 0 Å². The number of rotatable bonds is 3. The molecule has 0 amide bonds. The Morgan fingerprint density at radius 1 is 1.29 bits per heavy atom. The van der Waals surface area contributed by atoms with Crippen LogP contribution in [0.3, 0.4) is 0 Å². The zero-order valence-corrected chi connectivity index (χ0v) is 9.47. The van der Waals surface area contributed by atoms with Crippen molar-refractivity contribution in [1.29, 1.82) is 5.26 Å². The predicted octanol–water partition coefficient (Wildman–Crippen LogP) is 1.33. The topological polar surface area (TPSA) is 70.8 Å². The Kier molecular flexibility index (Phi) is 2.65. The van der Waals surface area contributed by atoms with Gasteiger partial charge in [-0.25, -0.2) is 9.97 Å². The number of anilines is 1. The molecule has 0 radical (unpaired) electrons. The summed E-state index contributed by atoms with van der Waals surface area (Å²) in [6, 6.07) is 2.30. The van der Waals surface area contributed by atoms with Crippen LogP contribution in [0.5, 0.6) is 0 Å². The molecule has 1 saturated carbocycles. The van der Waals surface area contributed by atoms with Crippen LogP contribution in [-0.4, -0.2) is 28.7 Å². The summed E-state index contributed by atoms with van der Waals surface area (Å²) in [6.45, 7) is 0.822. The zero-order valence-electron chi connectivity index (χ0n) is 9.47. The Bertz CT molecular complexity index is 435. The second-order valence-corrected chi connectivity index (χ2v) is 4.61.